The third-order valence-electron chi connectivity index (χ3n) is 1.90. The summed E-state index contributed by atoms with van der Waals surface area (Å²) >= 11 is 0. The van der Waals surface area contributed by atoms with Crippen molar-refractivity contribution in [2.45, 2.75) is 13.0 Å². The summed E-state index contributed by atoms with van der Waals surface area (Å²) in [5.74, 6) is 0.174. The molecular weight excluding hydrogens is 118 g/mol. The number of likely N-dealkylation sites (tertiary alicyclic amines) is 1. The third-order valence-corrected chi connectivity index (χ3v) is 1.90. The lowest BCUT2D eigenvalue weighted by Gasteiger charge is -2.33. The first-order chi connectivity index (χ1) is 4.01. The van der Waals surface area contributed by atoms with E-state index in [1.54, 1.807) is 7.05 Å². The number of likely N-dealkylation sites (N-methyl/N-ethyl adjacent to an activating group) is 1. The number of aliphatic hydroxyl groups excluding tert-OH is 1. The Balaban J connectivity index is 2.54. The highest BCUT2D eigenvalue weighted by molar-refractivity contribution is 4.70. The predicted octanol–water partition coefficient (Wildman–Crippen LogP) is -0.0586. The minimum absolute atomic E-state index is 0.174. The fourth-order valence-electron chi connectivity index (χ4n) is 1.38. The lowest BCUT2D eigenvalue weighted by atomic mass is 10.1. The molecule has 3 heteroatoms. The lowest BCUT2D eigenvalue weighted by molar-refractivity contribution is -0.850. The summed E-state index contributed by atoms with van der Waals surface area (Å²) in [4.78, 5) is 0. The maximum atomic E-state index is 11.1. The van der Waals surface area contributed by atoms with Crippen molar-refractivity contribution < 1.29 is 9.75 Å². The van der Waals surface area contributed by atoms with E-state index >= 15 is 0 Å². The summed E-state index contributed by atoms with van der Waals surface area (Å²) in [5, 5.41) is 20.2. The van der Waals surface area contributed by atoms with Gasteiger partial charge in [-0.05, 0) is 0 Å². The molecule has 3 atom stereocenters. The number of hydroxylamine groups is 3. The Morgan fingerprint density at radius 1 is 1.56 bits per heavy atom. The average Bonchev–Trinajstić information content (AvgIpc) is 1.79. The summed E-state index contributed by atoms with van der Waals surface area (Å²) in [6, 6.07) is 0. The molecule has 9 heavy (non-hydrogen) atoms. The Labute approximate surface area is 55.1 Å². The van der Waals surface area contributed by atoms with Gasteiger partial charge in [-0.15, -0.1) is 0 Å². The molecule has 0 amide bonds. The van der Waals surface area contributed by atoms with Crippen molar-refractivity contribution >= 4 is 0 Å². The van der Waals surface area contributed by atoms with Crippen LogP contribution in [0.25, 0.3) is 0 Å². The zero-order valence-electron chi connectivity index (χ0n) is 5.87. The molecule has 3 nitrogen and oxygen atoms in total. The van der Waals surface area contributed by atoms with Gasteiger partial charge in [-0.2, -0.15) is 0 Å². The van der Waals surface area contributed by atoms with Crippen LogP contribution in [0, 0.1) is 11.1 Å². The normalized spacial score (nSPS) is 52.0. The summed E-state index contributed by atoms with van der Waals surface area (Å²) in [6.45, 7) is 2.83. The van der Waals surface area contributed by atoms with E-state index in [0.29, 0.717) is 13.1 Å². The van der Waals surface area contributed by atoms with Crippen molar-refractivity contribution in [3.8, 4) is 0 Å². The first kappa shape index (κ1) is 6.99. The van der Waals surface area contributed by atoms with Crippen LogP contribution in [0.3, 0.4) is 0 Å². The second-order valence-electron chi connectivity index (χ2n) is 3.21. The third kappa shape index (κ3) is 1.41. The molecule has 0 spiro atoms. The smallest absolute Gasteiger partial charge is 0.111 e. The number of hydrogen-bond donors (Lipinski definition) is 1. The summed E-state index contributed by atoms with van der Waals surface area (Å²) in [5.41, 5.74) is 0. The van der Waals surface area contributed by atoms with E-state index in [1.165, 1.54) is 0 Å². The number of rotatable bonds is 0. The van der Waals surface area contributed by atoms with Crippen molar-refractivity contribution in [2.24, 2.45) is 5.92 Å². The molecule has 1 rings (SSSR count). The van der Waals surface area contributed by atoms with Crippen LogP contribution in [-0.2, 0) is 0 Å². The van der Waals surface area contributed by atoms with Crippen molar-refractivity contribution in [3.63, 3.8) is 0 Å². The monoisotopic (exact) mass is 131 g/mol. The zero-order chi connectivity index (χ0) is 7.07. The molecule has 54 valence electrons. The lowest BCUT2D eigenvalue weighted by Crippen LogP contribution is -2.35. The van der Waals surface area contributed by atoms with Gasteiger partial charge in [0, 0.05) is 5.92 Å². The highest BCUT2D eigenvalue weighted by Crippen LogP contribution is 2.20. The molecule has 1 N–H and O–H groups in total. The highest BCUT2D eigenvalue weighted by atomic mass is 16.5. The SMILES string of the molecule is CC1C[N+](C)([O-])C[C@H]1O. The van der Waals surface area contributed by atoms with E-state index in [4.69, 9.17) is 5.11 Å². The molecule has 0 radical (unpaired) electrons. The zero-order valence-corrected chi connectivity index (χ0v) is 5.87. The van der Waals surface area contributed by atoms with Gasteiger partial charge in [0.1, 0.15) is 12.6 Å². The van der Waals surface area contributed by atoms with Crippen LogP contribution < -0.4 is 0 Å². The molecule has 1 aliphatic rings. The van der Waals surface area contributed by atoms with Gasteiger partial charge in [-0.1, -0.05) is 6.92 Å². The Morgan fingerprint density at radius 3 is 2.22 bits per heavy atom. The number of aliphatic hydroxyl groups is 1. The van der Waals surface area contributed by atoms with Crippen LogP contribution in [0.15, 0.2) is 0 Å². The van der Waals surface area contributed by atoms with Gasteiger partial charge in [0.25, 0.3) is 0 Å². The number of hydrogen-bond acceptors (Lipinski definition) is 2. The van der Waals surface area contributed by atoms with Crippen LogP contribution in [-0.4, -0.2) is 36.0 Å². The second-order valence-corrected chi connectivity index (χ2v) is 3.21. The molecule has 1 aliphatic heterocycles. The van der Waals surface area contributed by atoms with Crippen LogP contribution in [0.2, 0.25) is 0 Å². The molecule has 0 aromatic rings. The van der Waals surface area contributed by atoms with Gasteiger partial charge in [0.05, 0.1) is 13.6 Å². The predicted molar refractivity (Wildman–Crippen MR) is 34.5 cm³/mol. The fourth-order valence-corrected chi connectivity index (χ4v) is 1.38. The van der Waals surface area contributed by atoms with E-state index in [0.717, 1.165) is 0 Å². The molecule has 0 aromatic heterocycles. The van der Waals surface area contributed by atoms with Crippen LogP contribution in [0.4, 0.5) is 0 Å². The molecular formula is C6H13NO2. The molecule has 0 aromatic carbocycles. The summed E-state index contributed by atoms with van der Waals surface area (Å²) in [6.07, 6.45) is -0.382. The topological polar surface area (TPSA) is 43.3 Å². The molecule has 1 heterocycles. The van der Waals surface area contributed by atoms with Gasteiger partial charge in [0.2, 0.25) is 0 Å². The van der Waals surface area contributed by atoms with Gasteiger partial charge in [-0.3, -0.25) is 0 Å². The number of nitrogens with zero attached hydrogens (tertiary/aromatic N) is 1. The molecule has 2 unspecified atom stereocenters. The van der Waals surface area contributed by atoms with Crippen molar-refractivity contribution in [1.82, 2.24) is 0 Å². The van der Waals surface area contributed by atoms with Crippen molar-refractivity contribution in [3.05, 3.63) is 5.21 Å². The summed E-state index contributed by atoms with van der Waals surface area (Å²) in [7, 11) is 1.60. The maximum Gasteiger partial charge on any atom is 0.111 e. The highest BCUT2D eigenvalue weighted by Gasteiger charge is 2.33. The Hall–Kier alpha value is -0.120. The Morgan fingerprint density at radius 2 is 2.11 bits per heavy atom. The largest absolute Gasteiger partial charge is 0.633 e. The maximum absolute atomic E-state index is 11.1. The molecule has 0 bridgehead atoms. The van der Waals surface area contributed by atoms with E-state index in [1.807, 2.05) is 6.92 Å². The Kier molecular flexibility index (Phi) is 1.50. The van der Waals surface area contributed by atoms with E-state index < -0.39 is 0 Å². The summed E-state index contributed by atoms with van der Waals surface area (Å²) < 4.78 is -0.275. The molecule has 1 fully saturated rings. The van der Waals surface area contributed by atoms with Crippen molar-refractivity contribution in [1.29, 1.82) is 0 Å². The van der Waals surface area contributed by atoms with E-state index in [9.17, 15) is 5.21 Å². The van der Waals surface area contributed by atoms with Crippen LogP contribution in [0.1, 0.15) is 6.92 Å². The second kappa shape index (κ2) is 1.94. The van der Waals surface area contributed by atoms with Crippen LogP contribution >= 0.6 is 0 Å². The van der Waals surface area contributed by atoms with Gasteiger partial charge in [-0.25, -0.2) is 0 Å². The first-order valence-corrected chi connectivity index (χ1v) is 3.25. The molecule has 0 saturated carbocycles. The first-order valence-electron chi connectivity index (χ1n) is 3.25. The number of quaternary nitrogens is 1. The Bertz CT molecular complexity index is 102. The van der Waals surface area contributed by atoms with Gasteiger partial charge in [0.15, 0.2) is 0 Å². The standard InChI is InChI=1S/C6H13NO2/c1-5-3-7(2,9)4-6(5)8/h5-6,8H,3-4H2,1-2H3/t5?,6-,7?/m1/s1. The van der Waals surface area contributed by atoms with E-state index in [2.05, 4.69) is 0 Å². The minimum Gasteiger partial charge on any atom is -0.633 e. The molecule has 1 saturated heterocycles. The van der Waals surface area contributed by atoms with Crippen LogP contribution in [0.5, 0.6) is 0 Å². The van der Waals surface area contributed by atoms with Crippen molar-refractivity contribution in [2.75, 3.05) is 20.1 Å². The van der Waals surface area contributed by atoms with Gasteiger partial charge < -0.3 is 15.0 Å². The van der Waals surface area contributed by atoms with E-state index in [-0.39, 0.29) is 16.7 Å². The quantitative estimate of drug-likeness (QED) is 0.370. The average molecular weight is 131 g/mol. The molecule has 0 aliphatic carbocycles. The fraction of sp³-hybridized carbons (Fsp3) is 1.00. The minimum atomic E-state index is -0.382. The van der Waals surface area contributed by atoms with Gasteiger partial charge >= 0.3 is 0 Å².